The first-order valence-electron chi connectivity index (χ1n) is 6.34. The largest absolute Gasteiger partial charge is 0.491 e. The van der Waals surface area contributed by atoms with Crippen LogP contribution in [0.2, 0.25) is 0 Å². The van der Waals surface area contributed by atoms with E-state index in [1.165, 1.54) is 0 Å². The van der Waals surface area contributed by atoms with Crippen molar-refractivity contribution in [1.29, 1.82) is 0 Å². The van der Waals surface area contributed by atoms with Gasteiger partial charge in [-0.25, -0.2) is 0 Å². The molecule has 0 aliphatic heterocycles. The van der Waals surface area contributed by atoms with E-state index in [9.17, 15) is 4.79 Å². The highest BCUT2D eigenvalue weighted by atomic mass is 79.9. The predicted octanol–water partition coefficient (Wildman–Crippen LogP) is 3.76. The van der Waals surface area contributed by atoms with Crippen LogP contribution >= 0.6 is 15.9 Å². The molecule has 2 aromatic rings. The van der Waals surface area contributed by atoms with Gasteiger partial charge in [-0.3, -0.25) is 4.79 Å². The van der Waals surface area contributed by atoms with Crippen LogP contribution in [0.1, 0.15) is 30.0 Å². The molecule has 5 heteroatoms. The lowest BCUT2D eigenvalue weighted by Crippen LogP contribution is -2.22. The zero-order valence-electron chi connectivity index (χ0n) is 11.4. The van der Waals surface area contributed by atoms with Gasteiger partial charge in [-0.15, -0.1) is 0 Å². The third-order valence-electron chi connectivity index (χ3n) is 2.55. The first-order valence-corrected chi connectivity index (χ1v) is 7.13. The van der Waals surface area contributed by atoms with Gasteiger partial charge in [0.2, 0.25) is 0 Å². The summed E-state index contributed by atoms with van der Waals surface area (Å²) in [6.45, 7) is 4.41. The Morgan fingerprint density at radius 2 is 1.95 bits per heavy atom. The van der Waals surface area contributed by atoms with E-state index in [-0.39, 0.29) is 17.8 Å². The summed E-state index contributed by atoms with van der Waals surface area (Å²) in [5.41, 5.74) is 1.00. The Kier molecular flexibility index (Phi) is 4.84. The second-order valence-corrected chi connectivity index (χ2v) is 5.38. The van der Waals surface area contributed by atoms with Crippen LogP contribution in [0, 0.1) is 0 Å². The number of ether oxygens (including phenoxy) is 1. The third-order valence-corrected chi connectivity index (χ3v) is 2.97. The van der Waals surface area contributed by atoms with Crippen LogP contribution in [0.25, 0.3) is 0 Å². The van der Waals surface area contributed by atoms with Crippen molar-refractivity contribution < 1.29 is 13.9 Å². The summed E-state index contributed by atoms with van der Waals surface area (Å²) in [5.74, 6) is 0.875. The molecule has 0 bridgehead atoms. The second kappa shape index (κ2) is 6.61. The van der Waals surface area contributed by atoms with Crippen molar-refractivity contribution in [1.82, 2.24) is 5.32 Å². The fraction of sp³-hybridized carbons (Fsp3) is 0.267. The summed E-state index contributed by atoms with van der Waals surface area (Å²) >= 11 is 3.16. The van der Waals surface area contributed by atoms with E-state index in [0.717, 1.165) is 11.3 Å². The quantitative estimate of drug-likeness (QED) is 0.903. The summed E-state index contributed by atoms with van der Waals surface area (Å²) < 4.78 is 11.3. The first kappa shape index (κ1) is 14.7. The van der Waals surface area contributed by atoms with Crippen molar-refractivity contribution in [3.8, 4) is 5.75 Å². The van der Waals surface area contributed by atoms with Crippen molar-refractivity contribution >= 4 is 21.8 Å². The van der Waals surface area contributed by atoms with Gasteiger partial charge in [-0.2, -0.15) is 0 Å². The monoisotopic (exact) mass is 337 g/mol. The van der Waals surface area contributed by atoms with Crippen LogP contribution in [-0.2, 0) is 6.54 Å². The number of carbonyl (C=O) groups excluding carboxylic acids is 1. The molecular weight excluding hydrogens is 322 g/mol. The average Bonchev–Trinajstić information content (AvgIpc) is 2.84. The Morgan fingerprint density at radius 3 is 2.50 bits per heavy atom. The minimum Gasteiger partial charge on any atom is -0.491 e. The summed E-state index contributed by atoms with van der Waals surface area (Å²) in [4.78, 5) is 11.8. The zero-order chi connectivity index (χ0) is 14.5. The minimum atomic E-state index is -0.238. The molecule has 0 spiro atoms. The summed E-state index contributed by atoms with van der Waals surface area (Å²) in [6.07, 6.45) is 0.151. The zero-order valence-corrected chi connectivity index (χ0v) is 12.9. The van der Waals surface area contributed by atoms with Gasteiger partial charge < -0.3 is 14.5 Å². The Morgan fingerprint density at radius 1 is 1.25 bits per heavy atom. The van der Waals surface area contributed by atoms with Gasteiger partial charge in [0.05, 0.1) is 6.10 Å². The van der Waals surface area contributed by atoms with Gasteiger partial charge in [0.25, 0.3) is 5.91 Å². The van der Waals surface area contributed by atoms with Crippen LogP contribution in [0.15, 0.2) is 45.5 Å². The molecule has 2 rings (SSSR count). The molecule has 0 saturated carbocycles. The molecule has 106 valence electrons. The van der Waals surface area contributed by atoms with Crippen LogP contribution in [0.3, 0.4) is 0 Å². The van der Waals surface area contributed by atoms with E-state index in [1.807, 2.05) is 38.1 Å². The van der Waals surface area contributed by atoms with E-state index in [4.69, 9.17) is 9.15 Å². The van der Waals surface area contributed by atoms with Gasteiger partial charge in [-0.05, 0) is 59.6 Å². The molecule has 0 fully saturated rings. The van der Waals surface area contributed by atoms with Crippen molar-refractivity contribution in [3.05, 3.63) is 52.4 Å². The van der Waals surface area contributed by atoms with Crippen molar-refractivity contribution in [2.45, 2.75) is 26.5 Å². The predicted molar refractivity (Wildman–Crippen MR) is 79.8 cm³/mol. The SMILES string of the molecule is CC(C)Oc1ccc(CNC(=O)c2ccc(Br)o2)cc1. The lowest BCUT2D eigenvalue weighted by molar-refractivity contribution is 0.0922. The lowest BCUT2D eigenvalue weighted by Gasteiger charge is -2.10. The topological polar surface area (TPSA) is 51.5 Å². The van der Waals surface area contributed by atoms with E-state index >= 15 is 0 Å². The molecular formula is C15H16BrNO3. The van der Waals surface area contributed by atoms with E-state index < -0.39 is 0 Å². The first-order chi connectivity index (χ1) is 9.54. The molecule has 0 saturated heterocycles. The molecule has 0 aliphatic rings. The maximum absolute atomic E-state index is 11.8. The molecule has 1 amide bonds. The fourth-order valence-corrected chi connectivity index (χ4v) is 1.97. The van der Waals surface area contributed by atoms with Gasteiger partial charge in [0, 0.05) is 6.54 Å². The Hall–Kier alpha value is -1.75. The third kappa shape index (κ3) is 4.13. The minimum absolute atomic E-state index is 0.151. The molecule has 0 unspecified atom stereocenters. The standard InChI is InChI=1S/C15H16BrNO3/c1-10(2)19-12-5-3-11(4-6-12)9-17-15(18)13-7-8-14(16)20-13/h3-8,10H,9H2,1-2H3,(H,17,18). The molecule has 1 N–H and O–H groups in total. The number of carbonyl (C=O) groups is 1. The van der Waals surface area contributed by atoms with Crippen molar-refractivity contribution in [3.63, 3.8) is 0 Å². The van der Waals surface area contributed by atoms with Crippen LogP contribution in [0.5, 0.6) is 5.75 Å². The number of amides is 1. The maximum Gasteiger partial charge on any atom is 0.287 e. The van der Waals surface area contributed by atoms with Crippen LogP contribution < -0.4 is 10.1 Å². The number of benzene rings is 1. The number of rotatable bonds is 5. The number of halogens is 1. The van der Waals surface area contributed by atoms with E-state index in [1.54, 1.807) is 12.1 Å². The second-order valence-electron chi connectivity index (χ2n) is 4.60. The van der Waals surface area contributed by atoms with Crippen LogP contribution in [-0.4, -0.2) is 12.0 Å². The Labute approximate surface area is 126 Å². The smallest absolute Gasteiger partial charge is 0.287 e. The highest BCUT2D eigenvalue weighted by Crippen LogP contribution is 2.15. The summed E-state index contributed by atoms with van der Waals surface area (Å²) in [6, 6.07) is 11.0. The van der Waals surface area contributed by atoms with Crippen molar-refractivity contribution in [2.75, 3.05) is 0 Å². The van der Waals surface area contributed by atoms with Crippen molar-refractivity contribution in [2.24, 2.45) is 0 Å². The molecule has 4 nitrogen and oxygen atoms in total. The normalized spacial score (nSPS) is 10.6. The fourth-order valence-electron chi connectivity index (χ4n) is 1.66. The van der Waals surface area contributed by atoms with Gasteiger partial charge in [0.1, 0.15) is 5.75 Å². The Bertz CT molecular complexity index is 575. The molecule has 20 heavy (non-hydrogen) atoms. The molecule has 1 aromatic heterocycles. The maximum atomic E-state index is 11.8. The van der Waals surface area contributed by atoms with E-state index in [2.05, 4.69) is 21.2 Å². The number of nitrogens with one attached hydrogen (secondary N) is 1. The highest BCUT2D eigenvalue weighted by Gasteiger charge is 2.09. The average molecular weight is 338 g/mol. The molecule has 0 aliphatic carbocycles. The number of hydrogen-bond donors (Lipinski definition) is 1. The lowest BCUT2D eigenvalue weighted by atomic mass is 10.2. The van der Waals surface area contributed by atoms with Gasteiger partial charge in [0.15, 0.2) is 10.4 Å². The molecule has 0 atom stereocenters. The van der Waals surface area contributed by atoms with Gasteiger partial charge >= 0.3 is 0 Å². The molecule has 1 heterocycles. The summed E-state index contributed by atoms with van der Waals surface area (Å²) in [5, 5.41) is 2.79. The van der Waals surface area contributed by atoms with E-state index in [0.29, 0.717) is 11.2 Å². The van der Waals surface area contributed by atoms with Crippen LogP contribution in [0.4, 0.5) is 0 Å². The summed E-state index contributed by atoms with van der Waals surface area (Å²) in [7, 11) is 0. The molecule has 1 aromatic carbocycles. The Balaban J connectivity index is 1.89. The van der Waals surface area contributed by atoms with Gasteiger partial charge in [-0.1, -0.05) is 12.1 Å². The highest BCUT2D eigenvalue weighted by molar-refractivity contribution is 9.10. The molecule has 0 radical (unpaired) electrons. The number of hydrogen-bond acceptors (Lipinski definition) is 3. The number of furan rings is 1.